The molecule has 0 saturated carbocycles. The second-order valence-corrected chi connectivity index (χ2v) is 5.12. The molecule has 0 amide bonds. The molecule has 0 unspecified atom stereocenters. The van der Waals surface area contributed by atoms with E-state index in [1.807, 2.05) is 6.92 Å². The van der Waals surface area contributed by atoms with E-state index in [0.29, 0.717) is 11.7 Å². The molecule has 0 atom stereocenters. The third-order valence-electron chi connectivity index (χ3n) is 3.35. The SMILES string of the molecule is Cc1c(N)nc(C(C)C)nc1N1CCCCC1. The van der Waals surface area contributed by atoms with Gasteiger partial charge in [-0.05, 0) is 26.2 Å². The summed E-state index contributed by atoms with van der Waals surface area (Å²) in [6.07, 6.45) is 3.83. The van der Waals surface area contributed by atoms with Crippen molar-refractivity contribution < 1.29 is 0 Å². The number of rotatable bonds is 2. The summed E-state index contributed by atoms with van der Waals surface area (Å²) < 4.78 is 0. The summed E-state index contributed by atoms with van der Waals surface area (Å²) in [7, 11) is 0. The van der Waals surface area contributed by atoms with E-state index in [4.69, 9.17) is 10.7 Å². The van der Waals surface area contributed by atoms with Crippen LogP contribution < -0.4 is 10.6 Å². The van der Waals surface area contributed by atoms with Crippen LogP contribution in [-0.2, 0) is 0 Å². The van der Waals surface area contributed by atoms with E-state index < -0.39 is 0 Å². The monoisotopic (exact) mass is 234 g/mol. The fourth-order valence-electron chi connectivity index (χ4n) is 2.21. The lowest BCUT2D eigenvalue weighted by atomic mass is 10.1. The Morgan fingerprint density at radius 2 is 1.76 bits per heavy atom. The van der Waals surface area contributed by atoms with Crippen molar-refractivity contribution in [1.29, 1.82) is 0 Å². The van der Waals surface area contributed by atoms with Crippen molar-refractivity contribution >= 4 is 11.6 Å². The predicted molar refractivity (Wildman–Crippen MR) is 71.3 cm³/mol. The van der Waals surface area contributed by atoms with Gasteiger partial charge in [0.2, 0.25) is 0 Å². The molecule has 4 nitrogen and oxygen atoms in total. The maximum Gasteiger partial charge on any atom is 0.137 e. The molecule has 1 aliphatic heterocycles. The lowest BCUT2D eigenvalue weighted by Crippen LogP contribution is -2.31. The lowest BCUT2D eigenvalue weighted by Gasteiger charge is -2.29. The Labute approximate surface area is 103 Å². The molecule has 0 bridgehead atoms. The summed E-state index contributed by atoms with van der Waals surface area (Å²) in [5.41, 5.74) is 7.01. The molecule has 0 radical (unpaired) electrons. The van der Waals surface area contributed by atoms with E-state index in [-0.39, 0.29) is 0 Å². The van der Waals surface area contributed by atoms with Crippen LogP contribution >= 0.6 is 0 Å². The molecule has 17 heavy (non-hydrogen) atoms. The molecule has 0 spiro atoms. The maximum atomic E-state index is 5.99. The highest BCUT2D eigenvalue weighted by molar-refractivity contribution is 5.56. The minimum Gasteiger partial charge on any atom is -0.383 e. The van der Waals surface area contributed by atoms with Gasteiger partial charge in [-0.3, -0.25) is 0 Å². The van der Waals surface area contributed by atoms with Crippen LogP contribution in [0, 0.1) is 6.92 Å². The number of hydrogen-bond donors (Lipinski definition) is 1. The average Bonchev–Trinajstić information content (AvgIpc) is 2.33. The van der Waals surface area contributed by atoms with E-state index in [9.17, 15) is 0 Å². The molecule has 0 aromatic carbocycles. The Morgan fingerprint density at radius 3 is 2.35 bits per heavy atom. The topological polar surface area (TPSA) is 55.0 Å². The van der Waals surface area contributed by atoms with Crippen molar-refractivity contribution in [2.45, 2.75) is 46.0 Å². The number of anilines is 2. The van der Waals surface area contributed by atoms with Crippen LogP contribution in [-0.4, -0.2) is 23.1 Å². The van der Waals surface area contributed by atoms with E-state index in [1.165, 1.54) is 19.3 Å². The van der Waals surface area contributed by atoms with Crippen LogP contribution in [0.3, 0.4) is 0 Å². The second kappa shape index (κ2) is 4.90. The normalized spacial score (nSPS) is 16.6. The lowest BCUT2D eigenvalue weighted by molar-refractivity contribution is 0.570. The van der Waals surface area contributed by atoms with Gasteiger partial charge in [-0.25, -0.2) is 9.97 Å². The van der Waals surface area contributed by atoms with Crippen molar-refractivity contribution in [3.8, 4) is 0 Å². The van der Waals surface area contributed by atoms with Crippen LogP contribution in [0.15, 0.2) is 0 Å². The van der Waals surface area contributed by atoms with E-state index in [1.54, 1.807) is 0 Å². The largest absolute Gasteiger partial charge is 0.383 e. The van der Waals surface area contributed by atoms with E-state index in [2.05, 4.69) is 23.7 Å². The van der Waals surface area contributed by atoms with Crippen LogP contribution in [0.1, 0.15) is 50.4 Å². The Hall–Kier alpha value is -1.32. The second-order valence-electron chi connectivity index (χ2n) is 5.12. The van der Waals surface area contributed by atoms with Gasteiger partial charge in [-0.1, -0.05) is 13.8 Å². The van der Waals surface area contributed by atoms with Crippen molar-refractivity contribution in [2.24, 2.45) is 0 Å². The molecule has 1 aromatic rings. The third kappa shape index (κ3) is 2.51. The zero-order chi connectivity index (χ0) is 12.4. The molecule has 0 aliphatic carbocycles. The molecule has 4 heteroatoms. The Balaban J connectivity index is 2.36. The minimum atomic E-state index is 0.321. The van der Waals surface area contributed by atoms with Gasteiger partial charge < -0.3 is 10.6 Å². The molecule has 1 aromatic heterocycles. The Bertz CT molecular complexity index is 395. The number of nitrogens with zero attached hydrogens (tertiary/aromatic N) is 3. The van der Waals surface area contributed by atoms with E-state index >= 15 is 0 Å². The average molecular weight is 234 g/mol. The summed E-state index contributed by atoms with van der Waals surface area (Å²) in [5, 5.41) is 0. The summed E-state index contributed by atoms with van der Waals surface area (Å²) in [4.78, 5) is 11.4. The Kier molecular flexibility index (Phi) is 3.50. The van der Waals surface area contributed by atoms with Crippen LogP contribution in [0.5, 0.6) is 0 Å². The third-order valence-corrected chi connectivity index (χ3v) is 3.35. The highest BCUT2D eigenvalue weighted by Crippen LogP contribution is 2.26. The van der Waals surface area contributed by atoms with Gasteiger partial charge in [0.05, 0.1) is 0 Å². The molecular weight excluding hydrogens is 212 g/mol. The molecule has 1 saturated heterocycles. The number of nitrogen functional groups attached to an aromatic ring is 1. The first-order valence-corrected chi connectivity index (χ1v) is 6.48. The standard InChI is InChI=1S/C13H22N4/c1-9(2)12-15-11(14)10(3)13(16-12)17-7-5-4-6-8-17/h9H,4-8H2,1-3H3,(H2,14,15,16). The van der Waals surface area contributed by atoms with Crippen molar-refractivity contribution in [2.75, 3.05) is 23.7 Å². The quantitative estimate of drug-likeness (QED) is 0.854. The molecule has 1 fully saturated rings. The molecule has 1 aliphatic rings. The van der Waals surface area contributed by atoms with Crippen LogP contribution in [0.25, 0.3) is 0 Å². The fourth-order valence-corrected chi connectivity index (χ4v) is 2.21. The van der Waals surface area contributed by atoms with Crippen LogP contribution in [0.2, 0.25) is 0 Å². The molecule has 2 N–H and O–H groups in total. The van der Waals surface area contributed by atoms with Crippen molar-refractivity contribution in [1.82, 2.24) is 9.97 Å². The predicted octanol–water partition coefficient (Wildman–Crippen LogP) is 2.48. The highest BCUT2D eigenvalue weighted by Gasteiger charge is 2.18. The zero-order valence-electron chi connectivity index (χ0n) is 11.0. The van der Waals surface area contributed by atoms with Gasteiger partial charge in [-0.2, -0.15) is 0 Å². The van der Waals surface area contributed by atoms with Gasteiger partial charge in [0.25, 0.3) is 0 Å². The molecule has 2 heterocycles. The Morgan fingerprint density at radius 1 is 1.12 bits per heavy atom. The first-order chi connectivity index (χ1) is 8.09. The highest BCUT2D eigenvalue weighted by atomic mass is 15.2. The summed E-state index contributed by atoms with van der Waals surface area (Å²) >= 11 is 0. The van der Waals surface area contributed by atoms with Gasteiger partial charge in [0.1, 0.15) is 17.5 Å². The van der Waals surface area contributed by atoms with Crippen molar-refractivity contribution in [3.63, 3.8) is 0 Å². The number of aromatic nitrogens is 2. The molecular formula is C13H22N4. The first-order valence-electron chi connectivity index (χ1n) is 6.48. The molecule has 2 rings (SSSR count). The zero-order valence-corrected chi connectivity index (χ0v) is 11.0. The number of nitrogens with two attached hydrogens (primary N) is 1. The van der Waals surface area contributed by atoms with Crippen molar-refractivity contribution in [3.05, 3.63) is 11.4 Å². The van der Waals surface area contributed by atoms with Gasteiger partial charge in [0, 0.05) is 24.6 Å². The summed E-state index contributed by atoms with van der Waals surface area (Å²) in [6, 6.07) is 0. The molecule has 94 valence electrons. The van der Waals surface area contributed by atoms with Gasteiger partial charge >= 0.3 is 0 Å². The van der Waals surface area contributed by atoms with Gasteiger partial charge in [-0.15, -0.1) is 0 Å². The van der Waals surface area contributed by atoms with E-state index in [0.717, 1.165) is 30.3 Å². The van der Waals surface area contributed by atoms with Gasteiger partial charge in [0.15, 0.2) is 0 Å². The fraction of sp³-hybridized carbons (Fsp3) is 0.692. The smallest absolute Gasteiger partial charge is 0.137 e. The summed E-state index contributed by atoms with van der Waals surface area (Å²) in [5.74, 6) is 2.85. The van der Waals surface area contributed by atoms with Crippen LogP contribution in [0.4, 0.5) is 11.6 Å². The minimum absolute atomic E-state index is 0.321. The number of hydrogen-bond acceptors (Lipinski definition) is 4. The summed E-state index contributed by atoms with van der Waals surface area (Å²) in [6.45, 7) is 8.40. The number of piperidine rings is 1. The first kappa shape index (κ1) is 12.1. The maximum absolute atomic E-state index is 5.99.